The molecule has 0 unspecified atom stereocenters. The highest BCUT2D eigenvalue weighted by molar-refractivity contribution is 6.31. The van der Waals surface area contributed by atoms with Gasteiger partial charge in [-0.3, -0.25) is 4.79 Å². The van der Waals surface area contributed by atoms with Crippen LogP contribution in [0.1, 0.15) is 15.9 Å². The number of hydrogen-bond acceptors (Lipinski definition) is 4. The molecule has 0 bridgehead atoms. The van der Waals surface area contributed by atoms with E-state index in [9.17, 15) is 4.79 Å². The minimum atomic E-state index is -0.162. The number of halogens is 1. The number of tetrazole rings is 1. The van der Waals surface area contributed by atoms with Crippen molar-refractivity contribution in [3.63, 3.8) is 0 Å². The van der Waals surface area contributed by atoms with Gasteiger partial charge < -0.3 is 10.3 Å². The van der Waals surface area contributed by atoms with Crippen LogP contribution in [0.15, 0.2) is 42.7 Å². The van der Waals surface area contributed by atoms with Crippen LogP contribution in [0.4, 0.5) is 0 Å². The molecular weight excluding hydrogens is 328 g/mol. The zero-order valence-electron chi connectivity index (χ0n) is 12.5. The predicted molar refractivity (Wildman–Crippen MR) is 90.1 cm³/mol. The fourth-order valence-corrected chi connectivity index (χ4v) is 2.82. The largest absolute Gasteiger partial charge is 0.361 e. The number of aromatic amines is 1. The Kier molecular flexibility index (Phi) is 3.62. The van der Waals surface area contributed by atoms with Crippen LogP contribution in [0.25, 0.3) is 16.6 Å². The average molecular weight is 341 g/mol. The number of benzene rings is 1. The fourth-order valence-electron chi connectivity index (χ4n) is 2.65. The third-order valence-electron chi connectivity index (χ3n) is 3.86. The first-order valence-electron chi connectivity index (χ1n) is 7.42. The van der Waals surface area contributed by atoms with Crippen molar-refractivity contribution in [3.05, 3.63) is 58.9 Å². The van der Waals surface area contributed by atoms with Crippen molar-refractivity contribution in [2.45, 2.75) is 6.42 Å². The smallest absolute Gasteiger partial charge is 0.252 e. The Morgan fingerprint density at radius 2 is 2.21 bits per heavy atom. The van der Waals surface area contributed by atoms with E-state index in [1.807, 2.05) is 24.4 Å². The van der Waals surface area contributed by atoms with Crippen molar-refractivity contribution in [2.75, 3.05) is 6.54 Å². The highest BCUT2D eigenvalue weighted by Crippen LogP contribution is 2.22. The van der Waals surface area contributed by atoms with Crippen LogP contribution in [-0.2, 0) is 6.42 Å². The zero-order chi connectivity index (χ0) is 16.5. The van der Waals surface area contributed by atoms with Crippen molar-refractivity contribution >= 4 is 34.1 Å². The highest BCUT2D eigenvalue weighted by atomic mass is 35.5. The van der Waals surface area contributed by atoms with Crippen LogP contribution in [0.3, 0.4) is 0 Å². The molecule has 0 saturated heterocycles. The number of rotatable bonds is 4. The number of H-pyrrole nitrogens is 1. The summed E-state index contributed by atoms with van der Waals surface area (Å²) in [5, 5.41) is 15.8. The molecule has 0 radical (unpaired) electrons. The number of hydrogen-bond donors (Lipinski definition) is 2. The molecule has 0 saturated carbocycles. The molecule has 0 atom stereocenters. The summed E-state index contributed by atoms with van der Waals surface area (Å²) in [7, 11) is 0. The van der Waals surface area contributed by atoms with Crippen molar-refractivity contribution in [3.8, 4) is 0 Å². The molecular formula is C16H13ClN6O. The first-order valence-corrected chi connectivity index (χ1v) is 7.80. The molecule has 4 aromatic rings. The van der Waals surface area contributed by atoms with Gasteiger partial charge in [-0.2, -0.15) is 4.52 Å². The number of carbonyl (C=O) groups excluding carboxylic acids is 1. The second-order valence-electron chi connectivity index (χ2n) is 5.41. The van der Waals surface area contributed by atoms with Gasteiger partial charge in [0.1, 0.15) is 0 Å². The van der Waals surface area contributed by atoms with E-state index in [0.717, 1.165) is 16.5 Å². The summed E-state index contributed by atoms with van der Waals surface area (Å²) in [5.41, 5.74) is 3.26. The molecule has 3 heterocycles. The molecule has 120 valence electrons. The Labute approximate surface area is 141 Å². The number of amides is 1. The minimum absolute atomic E-state index is 0.162. The van der Waals surface area contributed by atoms with Crippen molar-refractivity contribution in [1.29, 1.82) is 0 Å². The SMILES string of the molecule is O=C(NCCc1c[nH]c2ccc(Cl)cc12)c1ccc2nnnn2c1. The van der Waals surface area contributed by atoms with Crippen molar-refractivity contribution in [2.24, 2.45) is 0 Å². The summed E-state index contributed by atoms with van der Waals surface area (Å²) >= 11 is 6.05. The summed E-state index contributed by atoms with van der Waals surface area (Å²) in [6.07, 6.45) is 4.26. The molecule has 0 aliphatic carbocycles. The lowest BCUT2D eigenvalue weighted by Crippen LogP contribution is -2.25. The third-order valence-corrected chi connectivity index (χ3v) is 4.10. The number of pyridine rings is 1. The van der Waals surface area contributed by atoms with Crippen LogP contribution in [0.5, 0.6) is 0 Å². The molecule has 24 heavy (non-hydrogen) atoms. The standard InChI is InChI=1S/C16H13ClN6O/c17-12-2-3-14-13(7-12)10(8-19-14)5-6-18-16(24)11-1-4-15-20-21-22-23(15)9-11/h1-4,7-9,19H,5-6H2,(H,18,24). The molecule has 0 spiro atoms. The van der Waals surface area contributed by atoms with E-state index in [4.69, 9.17) is 11.6 Å². The first-order chi connectivity index (χ1) is 11.7. The van der Waals surface area contributed by atoms with E-state index in [1.54, 1.807) is 18.3 Å². The van der Waals surface area contributed by atoms with Crippen LogP contribution < -0.4 is 5.32 Å². The van der Waals surface area contributed by atoms with Crippen molar-refractivity contribution in [1.82, 2.24) is 30.3 Å². The summed E-state index contributed by atoms with van der Waals surface area (Å²) in [6, 6.07) is 9.13. The Morgan fingerprint density at radius 3 is 3.12 bits per heavy atom. The van der Waals surface area contributed by atoms with Crippen LogP contribution >= 0.6 is 11.6 Å². The van der Waals surface area contributed by atoms with Crippen molar-refractivity contribution < 1.29 is 4.79 Å². The molecule has 0 aliphatic heterocycles. The van der Waals surface area contributed by atoms with E-state index >= 15 is 0 Å². The monoisotopic (exact) mass is 340 g/mol. The lowest BCUT2D eigenvalue weighted by molar-refractivity contribution is 0.0953. The van der Waals surface area contributed by atoms with Gasteiger partial charge in [0.15, 0.2) is 5.65 Å². The van der Waals surface area contributed by atoms with E-state index in [1.165, 1.54) is 4.52 Å². The normalized spacial score (nSPS) is 11.2. The maximum absolute atomic E-state index is 12.2. The first kappa shape index (κ1) is 14.6. The summed E-state index contributed by atoms with van der Waals surface area (Å²) in [4.78, 5) is 15.4. The van der Waals surface area contributed by atoms with Gasteiger partial charge in [0.05, 0.1) is 5.56 Å². The number of carbonyl (C=O) groups is 1. The lowest BCUT2D eigenvalue weighted by Gasteiger charge is -2.05. The van der Waals surface area contributed by atoms with Crippen LogP contribution in [-0.4, -0.2) is 37.5 Å². The number of nitrogens with zero attached hydrogens (tertiary/aromatic N) is 4. The number of nitrogens with one attached hydrogen (secondary N) is 2. The topological polar surface area (TPSA) is 88.0 Å². The number of aromatic nitrogens is 5. The third kappa shape index (κ3) is 2.69. The Balaban J connectivity index is 1.44. The number of fused-ring (bicyclic) bond motifs is 2. The summed E-state index contributed by atoms with van der Waals surface area (Å²) < 4.78 is 1.47. The van der Waals surface area contributed by atoms with E-state index in [2.05, 4.69) is 25.8 Å². The lowest BCUT2D eigenvalue weighted by atomic mass is 10.1. The van der Waals surface area contributed by atoms with Gasteiger partial charge in [-0.1, -0.05) is 11.6 Å². The van der Waals surface area contributed by atoms with E-state index < -0.39 is 0 Å². The molecule has 2 N–H and O–H groups in total. The molecule has 0 aliphatic rings. The van der Waals surface area contributed by atoms with Gasteiger partial charge in [0.25, 0.3) is 5.91 Å². The van der Waals surface area contributed by atoms with Crippen LogP contribution in [0, 0.1) is 0 Å². The molecule has 0 fully saturated rings. The van der Waals surface area contributed by atoms with E-state index in [0.29, 0.717) is 29.2 Å². The Hall–Kier alpha value is -2.93. The van der Waals surface area contributed by atoms with Gasteiger partial charge in [0, 0.05) is 34.9 Å². The molecule has 8 heteroatoms. The second-order valence-corrected chi connectivity index (χ2v) is 5.85. The van der Waals surface area contributed by atoms with E-state index in [-0.39, 0.29) is 5.91 Å². The van der Waals surface area contributed by atoms with Crippen LogP contribution in [0.2, 0.25) is 5.02 Å². The van der Waals surface area contributed by atoms with Gasteiger partial charge in [-0.15, -0.1) is 5.10 Å². The second kappa shape index (κ2) is 5.93. The maximum Gasteiger partial charge on any atom is 0.252 e. The molecule has 1 amide bonds. The highest BCUT2D eigenvalue weighted by Gasteiger charge is 2.09. The molecule has 7 nitrogen and oxygen atoms in total. The van der Waals surface area contributed by atoms with Gasteiger partial charge in [-0.25, -0.2) is 0 Å². The molecule has 1 aromatic carbocycles. The van der Waals surface area contributed by atoms with Gasteiger partial charge >= 0.3 is 0 Å². The maximum atomic E-state index is 12.2. The zero-order valence-corrected chi connectivity index (χ0v) is 13.3. The van der Waals surface area contributed by atoms with Gasteiger partial charge in [0.2, 0.25) is 0 Å². The Bertz CT molecular complexity index is 1040. The average Bonchev–Trinajstić information content (AvgIpc) is 3.20. The molecule has 3 aromatic heterocycles. The van der Waals surface area contributed by atoms with Gasteiger partial charge in [-0.05, 0) is 52.7 Å². The quantitative estimate of drug-likeness (QED) is 0.596. The minimum Gasteiger partial charge on any atom is -0.361 e. The fraction of sp³-hybridized carbons (Fsp3) is 0.125. The Morgan fingerprint density at radius 1 is 1.29 bits per heavy atom. The predicted octanol–water partition coefficient (Wildman–Crippen LogP) is 2.23. The summed E-state index contributed by atoms with van der Waals surface area (Å²) in [5.74, 6) is -0.162. The molecule has 4 rings (SSSR count). The summed E-state index contributed by atoms with van der Waals surface area (Å²) in [6.45, 7) is 0.520.